The van der Waals surface area contributed by atoms with Crippen LogP contribution in [-0.2, 0) is 30.4 Å². The molecule has 14 heteroatoms. The molecule has 0 spiro atoms. The molecule has 0 atom stereocenters. The highest BCUT2D eigenvalue weighted by Crippen LogP contribution is 2.26. The van der Waals surface area contributed by atoms with Crippen molar-refractivity contribution in [1.29, 1.82) is 0 Å². The van der Waals surface area contributed by atoms with Crippen molar-refractivity contribution in [3.8, 4) is 0 Å². The highest BCUT2D eigenvalue weighted by atomic mass is 32.2. The van der Waals surface area contributed by atoms with E-state index >= 15 is 0 Å². The number of nitrogens with one attached hydrogen (secondary N) is 1. The van der Waals surface area contributed by atoms with Crippen molar-refractivity contribution in [1.82, 2.24) is 9.96 Å². The van der Waals surface area contributed by atoms with Crippen molar-refractivity contribution >= 4 is 27.8 Å². The van der Waals surface area contributed by atoms with Crippen LogP contribution < -0.4 is 5.32 Å². The predicted octanol–water partition coefficient (Wildman–Crippen LogP) is 1.97. The molecule has 1 fully saturated rings. The SMILES string of the molecule is C=CCOC(=O)N(CCc1ccc(NC(=O)C[N+]2(C)CCN(C)CC2)cc1)OS(=O)(=O)C(F)(F)F. The molecule has 1 N–H and O–H groups in total. The number of carbonyl (C=O) groups is 2. The van der Waals surface area contributed by atoms with Gasteiger partial charge in [-0.25, -0.2) is 4.79 Å². The molecule has 1 aliphatic rings. The molecule has 0 saturated carbocycles. The highest BCUT2D eigenvalue weighted by molar-refractivity contribution is 7.87. The summed E-state index contributed by atoms with van der Waals surface area (Å²) in [6.45, 7) is 6.27. The molecule has 1 aliphatic heterocycles. The van der Waals surface area contributed by atoms with Crippen LogP contribution in [0, 0.1) is 0 Å². The number of likely N-dealkylation sites (N-methyl/N-ethyl adjacent to an activating group) is 2. The summed E-state index contributed by atoms with van der Waals surface area (Å²) in [7, 11) is -2.00. The Morgan fingerprint density at radius 3 is 2.37 bits per heavy atom. The lowest BCUT2D eigenvalue weighted by Crippen LogP contribution is -2.58. The molecule has 196 valence electrons. The minimum atomic E-state index is -6.06. The second-order valence-corrected chi connectivity index (χ2v) is 9.99. The van der Waals surface area contributed by atoms with E-state index in [0.29, 0.717) is 22.3 Å². The number of hydrogen-bond acceptors (Lipinski definition) is 7. The summed E-state index contributed by atoms with van der Waals surface area (Å²) >= 11 is 0. The van der Waals surface area contributed by atoms with Gasteiger partial charge in [0.15, 0.2) is 6.54 Å². The second kappa shape index (κ2) is 11.8. The number of piperazine rings is 1. The number of anilines is 1. The van der Waals surface area contributed by atoms with E-state index in [9.17, 15) is 31.2 Å². The number of hydrogen-bond donors (Lipinski definition) is 1. The van der Waals surface area contributed by atoms with Gasteiger partial charge < -0.3 is 14.5 Å². The van der Waals surface area contributed by atoms with Gasteiger partial charge in [-0.3, -0.25) is 9.69 Å². The van der Waals surface area contributed by atoms with Gasteiger partial charge in [0.2, 0.25) is 0 Å². The van der Waals surface area contributed by atoms with Crippen molar-refractivity contribution in [2.75, 3.05) is 65.3 Å². The summed E-state index contributed by atoms with van der Waals surface area (Å²) in [6.07, 6.45) is -0.303. The Hall–Kier alpha value is -2.68. The fourth-order valence-electron chi connectivity index (χ4n) is 3.26. The van der Waals surface area contributed by atoms with Gasteiger partial charge in [0.1, 0.15) is 6.61 Å². The number of carbonyl (C=O) groups excluding carboxylic acids is 2. The zero-order valence-electron chi connectivity index (χ0n) is 19.6. The molecule has 1 heterocycles. The lowest BCUT2D eigenvalue weighted by atomic mass is 10.1. The third kappa shape index (κ3) is 8.80. The third-order valence-corrected chi connectivity index (χ3v) is 6.35. The van der Waals surface area contributed by atoms with Gasteiger partial charge in [-0.2, -0.15) is 26.7 Å². The Kier molecular flexibility index (Phi) is 9.66. The molecule has 2 rings (SSSR count). The van der Waals surface area contributed by atoms with Crippen LogP contribution in [0.1, 0.15) is 5.56 Å². The van der Waals surface area contributed by atoms with E-state index in [0.717, 1.165) is 32.3 Å². The fraction of sp³-hybridized carbons (Fsp3) is 0.524. The smallest absolute Gasteiger partial charge is 0.444 e. The molecule has 0 radical (unpaired) electrons. The number of halogens is 3. The number of alkyl halides is 3. The maximum atomic E-state index is 12.7. The molecule has 0 unspecified atom stereocenters. The molecule has 0 aromatic heterocycles. The largest absolute Gasteiger partial charge is 0.525 e. The van der Waals surface area contributed by atoms with Gasteiger partial charge in [0.05, 0.1) is 26.7 Å². The van der Waals surface area contributed by atoms with E-state index in [1.54, 1.807) is 24.3 Å². The van der Waals surface area contributed by atoms with Crippen molar-refractivity contribution in [2.24, 2.45) is 0 Å². The molecule has 0 bridgehead atoms. The van der Waals surface area contributed by atoms with Crippen LogP contribution in [0.3, 0.4) is 0 Å². The Morgan fingerprint density at radius 2 is 1.83 bits per heavy atom. The van der Waals surface area contributed by atoms with E-state index in [4.69, 9.17) is 0 Å². The van der Waals surface area contributed by atoms with Crippen LogP contribution in [-0.4, -0.2) is 100 Å². The number of nitrogens with zero attached hydrogens (tertiary/aromatic N) is 3. The minimum Gasteiger partial charge on any atom is -0.444 e. The summed E-state index contributed by atoms with van der Waals surface area (Å²) in [5.41, 5.74) is -4.64. The summed E-state index contributed by atoms with van der Waals surface area (Å²) in [6, 6.07) is 6.39. The lowest BCUT2D eigenvalue weighted by Gasteiger charge is -2.40. The number of benzene rings is 1. The average Bonchev–Trinajstić information content (AvgIpc) is 2.77. The first-order chi connectivity index (χ1) is 16.2. The maximum Gasteiger partial charge on any atom is 0.525 e. The molecule has 10 nitrogen and oxygen atoms in total. The predicted molar refractivity (Wildman–Crippen MR) is 121 cm³/mol. The molecule has 35 heavy (non-hydrogen) atoms. The van der Waals surface area contributed by atoms with Crippen molar-refractivity contribution in [3.63, 3.8) is 0 Å². The Labute approximate surface area is 202 Å². The average molecular weight is 524 g/mol. The van der Waals surface area contributed by atoms with E-state index < -0.39 is 28.3 Å². The minimum absolute atomic E-state index is 0.0117. The van der Waals surface area contributed by atoms with E-state index in [2.05, 4.69) is 25.8 Å². The van der Waals surface area contributed by atoms with Gasteiger partial charge in [-0.15, -0.1) is 4.28 Å². The first kappa shape index (κ1) is 28.6. The molecule has 2 amide bonds. The summed E-state index contributed by atoms with van der Waals surface area (Å²) in [4.78, 5) is 26.6. The van der Waals surface area contributed by atoms with Crippen LogP contribution in [0.4, 0.5) is 23.7 Å². The molecule has 1 saturated heterocycles. The fourth-order valence-corrected chi connectivity index (χ4v) is 3.72. The zero-order valence-corrected chi connectivity index (χ0v) is 20.4. The monoisotopic (exact) mass is 523 g/mol. The molecule has 1 aromatic rings. The van der Waals surface area contributed by atoms with Gasteiger partial charge in [0, 0.05) is 18.8 Å². The Balaban J connectivity index is 1.96. The van der Waals surface area contributed by atoms with Crippen molar-refractivity contribution < 1.29 is 44.7 Å². The van der Waals surface area contributed by atoms with Gasteiger partial charge >= 0.3 is 21.7 Å². The van der Waals surface area contributed by atoms with Gasteiger partial charge in [0.25, 0.3) is 5.91 Å². The van der Waals surface area contributed by atoms with E-state index in [-0.39, 0.29) is 24.0 Å². The quantitative estimate of drug-likeness (QED) is 0.216. The molecule has 1 aromatic carbocycles. The maximum absolute atomic E-state index is 12.7. The van der Waals surface area contributed by atoms with Crippen molar-refractivity contribution in [3.05, 3.63) is 42.5 Å². The topological polar surface area (TPSA) is 105 Å². The standard InChI is InChI=1S/C21H29F3N4O6S/c1-4-15-33-20(30)27(34-35(31,32)21(22,23)24)10-9-17-5-7-18(8-6-17)25-19(29)16-28(3)13-11-26(2)12-14-28/h4-8H,1,9-16H2,2-3H3/p+1. The normalized spacial score (nSPS) is 16.4. The number of amides is 2. The Bertz CT molecular complexity index is 993. The molecular formula is C21H30F3N4O6S+. The molecule has 0 aliphatic carbocycles. The van der Waals surface area contributed by atoms with Crippen LogP contribution in [0.15, 0.2) is 36.9 Å². The third-order valence-electron chi connectivity index (χ3n) is 5.41. The van der Waals surface area contributed by atoms with Crippen LogP contribution >= 0.6 is 0 Å². The second-order valence-electron chi connectivity index (χ2n) is 8.47. The van der Waals surface area contributed by atoms with Crippen LogP contribution in [0.2, 0.25) is 0 Å². The number of quaternary nitrogens is 1. The van der Waals surface area contributed by atoms with Crippen LogP contribution in [0.25, 0.3) is 0 Å². The van der Waals surface area contributed by atoms with Gasteiger partial charge in [-0.05, 0) is 31.2 Å². The summed E-state index contributed by atoms with van der Waals surface area (Å²) in [5.74, 6) is -0.147. The van der Waals surface area contributed by atoms with Crippen LogP contribution in [0.5, 0.6) is 0 Å². The first-order valence-electron chi connectivity index (χ1n) is 10.7. The highest BCUT2D eigenvalue weighted by Gasteiger charge is 2.49. The van der Waals surface area contributed by atoms with E-state index in [1.165, 1.54) is 0 Å². The van der Waals surface area contributed by atoms with Gasteiger partial charge in [-0.1, -0.05) is 24.8 Å². The number of rotatable bonds is 10. The first-order valence-corrected chi connectivity index (χ1v) is 12.1. The summed E-state index contributed by atoms with van der Waals surface area (Å²) < 4.78 is 69.8. The van der Waals surface area contributed by atoms with E-state index in [1.807, 2.05) is 14.1 Å². The molecular weight excluding hydrogens is 493 g/mol. The summed E-state index contributed by atoms with van der Waals surface area (Å²) in [5, 5.41) is 2.80. The van der Waals surface area contributed by atoms with Crippen molar-refractivity contribution in [2.45, 2.75) is 11.9 Å². The Morgan fingerprint density at radius 1 is 1.23 bits per heavy atom. The zero-order chi connectivity index (χ0) is 26.3. The number of ether oxygens (including phenoxy) is 1. The lowest BCUT2D eigenvalue weighted by molar-refractivity contribution is -0.905. The number of hydroxylamine groups is 2.